The molecule has 0 aliphatic carbocycles. The molecule has 1 N–H and O–H groups in total. The van der Waals surface area contributed by atoms with Crippen molar-refractivity contribution in [2.75, 3.05) is 6.54 Å². The van der Waals surface area contributed by atoms with Crippen molar-refractivity contribution in [2.45, 2.75) is 13.0 Å². The summed E-state index contributed by atoms with van der Waals surface area (Å²) in [6.45, 7) is 2.89. The first-order valence-electron chi connectivity index (χ1n) is 5.81. The summed E-state index contributed by atoms with van der Waals surface area (Å²) >= 11 is 12.1. The van der Waals surface area contributed by atoms with Crippen LogP contribution in [0.3, 0.4) is 0 Å². The van der Waals surface area contributed by atoms with Crippen molar-refractivity contribution in [2.24, 2.45) is 0 Å². The third kappa shape index (κ3) is 3.02. The average molecular weight is 281 g/mol. The first kappa shape index (κ1) is 13.3. The molecule has 1 aromatic carbocycles. The van der Waals surface area contributed by atoms with Crippen molar-refractivity contribution in [1.82, 2.24) is 10.3 Å². The number of aromatic nitrogens is 1. The molecule has 1 aromatic heterocycles. The number of pyridine rings is 1. The number of benzene rings is 1. The topological polar surface area (TPSA) is 24.9 Å². The van der Waals surface area contributed by atoms with Crippen LogP contribution in [0.15, 0.2) is 42.6 Å². The fourth-order valence-corrected chi connectivity index (χ4v) is 2.20. The lowest BCUT2D eigenvalue weighted by Crippen LogP contribution is -2.23. The van der Waals surface area contributed by atoms with E-state index in [0.29, 0.717) is 5.02 Å². The highest BCUT2D eigenvalue weighted by molar-refractivity contribution is 6.31. The predicted octanol–water partition coefficient (Wildman–Crippen LogP) is 4.09. The van der Waals surface area contributed by atoms with E-state index in [2.05, 4.69) is 17.2 Å². The smallest absolute Gasteiger partial charge is 0.0804 e. The Morgan fingerprint density at radius 2 is 1.89 bits per heavy atom. The van der Waals surface area contributed by atoms with E-state index in [1.54, 1.807) is 6.20 Å². The molecule has 0 saturated heterocycles. The van der Waals surface area contributed by atoms with Gasteiger partial charge in [0.25, 0.3) is 0 Å². The summed E-state index contributed by atoms with van der Waals surface area (Å²) in [5.41, 5.74) is 1.94. The van der Waals surface area contributed by atoms with Crippen LogP contribution in [-0.4, -0.2) is 11.5 Å². The highest BCUT2D eigenvalue weighted by Crippen LogP contribution is 2.27. The summed E-state index contributed by atoms with van der Waals surface area (Å²) in [4.78, 5) is 4.37. The Hall–Kier alpha value is -1.09. The lowest BCUT2D eigenvalue weighted by molar-refractivity contribution is 0.616. The lowest BCUT2D eigenvalue weighted by atomic mass is 10.0. The number of rotatable bonds is 4. The number of nitrogens with zero attached hydrogens (tertiary/aromatic N) is 1. The van der Waals surface area contributed by atoms with Crippen molar-refractivity contribution in [1.29, 1.82) is 0 Å². The molecule has 2 rings (SSSR count). The normalized spacial score (nSPS) is 12.4. The Bertz CT molecular complexity index is 511. The second-order valence-corrected chi connectivity index (χ2v) is 4.76. The van der Waals surface area contributed by atoms with Gasteiger partial charge in [0.2, 0.25) is 0 Å². The van der Waals surface area contributed by atoms with Gasteiger partial charge in [0.05, 0.1) is 16.8 Å². The molecule has 1 atom stereocenters. The largest absolute Gasteiger partial charge is 0.305 e. The zero-order valence-corrected chi connectivity index (χ0v) is 11.5. The Labute approximate surface area is 117 Å². The molecule has 0 amide bonds. The van der Waals surface area contributed by atoms with Gasteiger partial charge in [-0.1, -0.05) is 42.3 Å². The van der Waals surface area contributed by atoms with Gasteiger partial charge in [-0.2, -0.15) is 0 Å². The number of nitrogens with one attached hydrogen (secondary N) is 1. The summed E-state index contributed by atoms with van der Waals surface area (Å²) < 4.78 is 0. The monoisotopic (exact) mass is 280 g/mol. The Morgan fingerprint density at radius 1 is 1.17 bits per heavy atom. The Kier molecular flexibility index (Phi) is 4.59. The van der Waals surface area contributed by atoms with Gasteiger partial charge in [0, 0.05) is 11.2 Å². The molecule has 0 fully saturated rings. The molecule has 0 bridgehead atoms. The first-order chi connectivity index (χ1) is 8.72. The van der Waals surface area contributed by atoms with Crippen molar-refractivity contribution in [3.8, 4) is 0 Å². The molecule has 0 aliphatic rings. The van der Waals surface area contributed by atoms with Crippen molar-refractivity contribution < 1.29 is 0 Å². The maximum Gasteiger partial charge on any atom is 0.0804 e. The van der Waals surface area contributed by atoms with Crippen LogP contribution in [0.25, 0.3) is 0 Å². The third-order valence-electron chi connectivity index (χ3n) is 2.67. The van der Waals surface area contributed by atoms with E-state index >= 15 is 0 Å². The second-order valence-electron chi connectivity index (χ2n) is 3.91. The molecular formula is C14H14Cl2N2. The molecule has 0 aliphatic heterocycles. The minimum atomic E-state index is -0.0130. The maximum absolute atomic E-state index is 6.21. The van der Waals surface area contributed by atoms with Crippen molar-refractivity contribution >= 4 is 23.2 Å². The van der Waals surface area contributed by atoms with Crippen LogP contribution < -0.4 is 5.32 Å². The van der Waals surface area contributed by atoms with Crippen LogP contribution >= 0.6 is 23.2 Å². The Balaban J connectivity index is 2.40. The number of hydrogen-bond acceptors (Lipinski definition) is 2. The van der Waals surface area contributed by atoms with Crippen LogP contribution in [0.2, 0.25) is 10.0 Å². The van der Waals surface area contributed by atoms with Gasteiger partial charge >= 0.3 is 0 Å². The maximum atomic E-state index is 6.21. The number of halogens is 2. The fraction of sp³-hybridized carbons (Fsp3) is 0.214. The molecule has 94 valence electrons. The van der Waals surface area contributed by atoms with Gasteiger partial charge < -0.3 is 5.32 Å². The molecule has 1 unspecified atom stereocenters. The number of hydrogen-bond donors (Lipinski definition) is 1. The summed E-state index contributed by atoms with van der Waals surface area (Å²) in [7, 11) is 0. The van der Waals surface area contributed by atoms with E-state index in [0.717, 1.165) is 22.8 Å². The fourth-order valence-electron chi connectivity index (χ4n) is 1.84. The van der Waals surface area contributed by atoms with Crippen LogP contribution in [0.5, 0.6) is 0 Å². The highest BCUT2D eigenvalue weighted by atomic mass is 35.5. The van der Waals surface area contributed by atoms with Crippen LogP contribution in [0.4, 0.5) is 0 Å². The lowest BCUT2D eigenvalue weighted by Gasteiger charge is -2.19. The summed E-state index contributed by atoms with van der Waals surface area (Å²) in [6.07, 6.45) is 1.75. The zero-order chi connectivity index (χ0) is 13.0. The summed E-state index contributed by atoms with van der Waals surface area (Å²) in [6, 6.07) is 11.4. The highest BCUT2D eigenvalue weighted by Gasteiger charge is 2.16. The quantitative estimate of drug-likeness (QED) is 0.913. The predicted molar refractivity (Wildman–Crippen MR) is 76.2 cm³/mol. The van der Waals surface area contributed by atoms with E-state index in [9.17, 15) is 0 Å². The molecule has 2 nitrogen and oxygen atoms in total. The Morgan fingerprint density at radius 3 is 2.50 bits per heavy atom. The second kappa shape index (κ2) is 6.19. The molecule has 2 aromatic rings. The summed E-state index contributed by atoms with van der Waals surface area (Å²) in [5.74, 6) is 0. The van der Waals surface area contributed by atoms with Crippen LogP contribution in [0, 0.1) is 0 Å². The first-order valence-corrected chi connectivity index (χ1v) is 6.57. The molecule has 1 heterocycles. The summed E-state index contributed by atoms with van der Waals surface area (Å²) in [5, 5.41) is 4.77. The zero-order valence-electron chi connectivity index (χ0n) is 10.0. The van der Waals surface area contributed by atoms with Crippen LogP contribution in [0.1, 0.15) is 24.2 Å². The van der Waals surface area contributed by atoms with Crippen molar-refractivity contribution in [3.63, 3.8) is 0 Å². The average Bonchev–Trinajstić information content (AvgIpc) is 2.38. The third-order valence-corrected chi connectivity index (χ3v) is 3.24. The minimum Gasteiger partial charge on any atom is -0.305 e. The van der Waals surface area contributed by atoms with E-state index in [1.807, 2.05) is 36.4 Å². The van der Waals surface area contributed by atoms with E-state index < -0.39 is 0 Å². The van der Waals surface area contributed by atoms with Gasteiger partial charge in [-0.15, -0.1) is 0 Å². The molecule has 0 spiro atoms. The standard InChI is InChI=1S/C14H14Cl2N2/c1-2-17-13(10-5-7-11(15)8-6-10)14-12(16)4-3-9-18-14/h3-9,13,17H,2H2,1H3. The van der Waals surface area contributed by atoms with Gasteiger partial charge in [-0.3, -0.25) is 4.98 Å². The van der Waals surface area contributed by atoms with Crippen molar-refractivity contribution in [3.05, 3.63) is 63.9 Å². The molecular weight excluding hydrogens is 267 g/mol. The SMILES string of the molecule is CCNC(c1ccc(Cl)cc1)c1ncccc1Cl. The van der Waals surface area contributed by atoms with E-state index in [1.165, 1.54) is 0 Å². The van der Waals surface area contributed by atoms with Crippen LogP contribution in [-0.2, 0) is 0 Å². The van der Waals surface area contributed by atoms with Gasteiger partial charge in [-0.05, 0) is 36.4 Å². The minimum absolute atomic E-state index is 0.0130. The molecule has 0 saturated carbocycles. The van der Waals surface area contributed by atoms with Gasteiger partial charge in [-0.25, -0.2) is 0 Å². The molecule has 0 radical (unpaired) electrons. The molecule has 18 heavy (non-hydrogen) atoms. The van der Waals surface area contributed by atoms with Gasteiger partial charge in [0.15, 0.2) is 0 Å². The van der Waals surface area contributed by atoms with E-state index in [4.69, 9.17) is 23.2 Å². The van der Waals surface area contributed by atoms with E-state index in [-0.39, 0.29) is 6.04 Å². The molecule has 4 heteroatoms. The van der Waals surface area contributed by atoms with Gasteiger partial charge in [0.1, 0.15) is 0 Å².